The van der Waals surface area contributed by atoms with Crippen molar-refractivity contribution in [2.45, 2.75) is 26.3 Å². The zero-order chi connectivity index (χ0) is 14.4. The SMILES string of the molecule is CCCNC(C)c1ccc(Oc2cccc(Cl)c2)cn1. The molecule has 1 unspecified atom stereocenters. The third-order valence-electron chi connectivity index (χ3n) is 2.94. The molecule has 0 bridgehead atoms. The highest BCUT2D eigenvalue weighted by molar-refractivity contribution is 6.30. The minimum atomic E-state index is 0.246. The zero-order valence-corrected chi connectivity index (χ0v) is 12.5. The topological polar surface area (TPSA) is 34.1 Å². The smallest absolute Gasteiger partial charge is 0.145 e. The molecule has 0 radical (unpaired) electrons. The van der Waals surface area contributed by atoms with Crippen LogP contribution in [0.25, 0.3) is 0 Å². The summed E-state index contributed by atoms with van der Waals surface area (Å²) in [6.45, 7) is 5.24. The van der Waals surface area contributed by atoms with E-state index in [0.29, 0.717) is 16.5 Å². The fraction of sp³-hybridized carbons (Fsp3) is 0.312. The molecule has 20 heavy (non-hydrogen) atoms. The Kier molecular flexibility index (Phi) is 5.39. The van der Waals surface area contributed by atoms with E-state index in [9.17, 15) is 0 Å². The summed E-state index contributed by atoms with van der Waals surface area (Å²) >= 11 is 5.92. The van der Waals surface area contributed by atoms with Crippen molar-refractivity contribution >= 4 is 11.6 Å². The summed E-state index contributed by atoms with van der Waals surface area (Å²) in [6.07, 6.45) is 2.85. The molecule has 1 aromatic carbocycles. The van der Waals surface area contributed by atoms with Crippen LogP contribution in [-0.4, -0.2) is 11.5 Å². The van der Waals surface area contributed by atoms with Gasteiger partial charge in [0.05, 0.1) is 11.9 Å². The second-order valence-corrected chi connectivity index (χ2v) is 5.09. The van der Waals surface area contributed by atoms with Gasteiger partial charge < -0.3 is 10.1 Å². The van der Waals surface area contributed by atoms with E-state index >= 15 is 0 Å². The molecule has 2 rings (SSSR count). The third-order valence-corrected chi connectivity index (χ3v) is 3.17. The van der Waals surface area contributed by atoms with Gasteiger partial charge in [0, 0.05) is 11.1 Å². The van der Waals surface area contributed by atoms with Gasteiger partial charge in [-0.1, -0.05) is 24.6 Å². The lowest BCUT2D eigenvalue weighted by Crippen LogP contribution is -2.20. The molecule has 3 nitrogen and oxygen atoms in total. The van der Waals surface area contributed by atoms with E-state index in [1.54, 1.807) is 12.3 Å². The fourth-order valence-corrected chi connectivity index (χ4v) is 2.02. The van der Waals surface area contributed by atoms with Crippen LogP contribution in [0.15, 0.2) is 42.6 Å². The average Bonchev–Trinajstić information content (AvgIpc) is 2.45. The number of hydrogen-bond donors (Lipinski definition) is 1. The normalized spacial score (nSPS) is 12.2. The van der Waals surface area contributed by atoms with Crippen LogP contribution in [-0.2, 0) is 0 Å². The van der Waals surface area contributed by atoms with Gasteiger partial charge in [-0.2, -0.15) is 0 Å². The van der Waals surface area contributed by atoms with Gasteiger partial charge in [0.15, 0.2) is 0 Å². The maximum atomic E-state index is 5.92. The maximum Gasteiger partial charge on any atom is 0.145 e. The van der Waals surface area contributed by atoms with Crippen molar-refractivity contribution in [1.82, 2.24) is 10.3 Å². The van der Waals surface area contributed by atoms with Gasteiger partial charge in [-0.25, -0.2) is 0 Å². The molecule has 2 aromatic rings. The quantitative estimate of drug-likeness (QED) is 0.845. The number of pyridine rings is 1. The molecule has 0 aliphatic carbocycles. The first-order chi connectivity index (χ1) is 9.69. The van der Waals surface area contributed by atoms with Crippen LogP contribution < -0.4 is 10.1 Å². The van der Waals surface area contributed by atoms with E-state index in [0.717, 1.165) is 18.7 Å². The van der Waals surface area contributed by atoms with Crippen LogP contribution in [0, 0.1) is 0 Å². The van der Waals surface area contributed by atoms with Gasteiger partial charge in [0.2, 0.25) is 0 Å². The van der Waals surface area contributed by atoms with E-state index in [1.165, 1.54) is 0 Å². The monoisotopic (exact) mass is 290 g/mol. The van der Waals surface area contributed by atoms with Crippen LogP contribution in [0.4, 0.5) is 0 Å². The van der Waals surface area contributed by atoms with Gasteiger partial charge in [0.25, 0.3) is 0 Å². The van der Waals surface area contributed by atoms with Gasteiger partial charge in [0.1, 0.15) is 11.5 Å². The Balaban J connectivity index is 2.01. The van der Waals surface area contributed by atoms with Crippen molar-refractivity contribution in [2.75, 3.05) is 6.54 Å². The lowest BCUT2D eigenvalue weighted by Gasteiger charge is -2.13. The van der Waals surface area contributed by atoms with Gasteiger partial charge in [-0.15, -0.1) is 0 Å². The Morgan fingerprint density at radius 1 is 1.25 bits per heavy atom. The van der Waals surface area contributed by atoms with E-state index in [2.05, 4.69) is 24.1 Å². The number of benzene rings is 1. The molecule has 4 heteroatoms. The zero-order valence-electron chi connectivity index (χ0n) is 11.8. The summed E-state index contributed by atoms with van der Waals surface area (Å²) in [6, 6.07) is 11.5. The molecular weight excluding hydrogens is 272 g/mol. The molecule has 0 saturated carbocycles. The van der Waals surface area contributed by atoms with Crippen LogP contribution in [0.3, 0.4) is 0 Å². The molecular formula is C16H19ClN2O. The Bertz CT molecular complexity index is 542. The first kappa shape index (κ1) is 14.8. The van der Waals surface area contributed by atoms with Gasteiger partial charge in [-0.05, 0) is 50.2 Å². The Morgan fingerprint density at radius 2 is 2.10 bits per heavy atom. The van der Waals surface area contributed by atoms with Crippen LogP contribution >= 0.6 is 11.6 Å². The molecule has 0 aliphatic heterocycles. The highest BCUT2D eigenvalue weighted by atomic mass is 35.5. The number of nitrogens with zero attached hydrogens (tertiary/aromatic N) is 1. The maximum absolute atomic E-state index is 5.92. The van der Waals surface area contributed by atoms with Crippen molar-refractivity contribution in [3.05, 3.63) is 53.3 Å². The summed E-state index contributed by atoms with van der Waals surface area (Å²) in [5.74, 6) is 1.42. The number of rotatable bonds is 6. The highest BCUT2D eigenvalue weighted by Crippen LogP contribution is 2.24. The van der Waals surface area contributed by atoms with E-state index in [1.807, 2.05) is 30.3 Å². The molecule has 0 saturated heterocycles. The molecule has 1 heterocycles. The van der Waals surface area contributed by atoms with Crippen LogP contribution in [0.5, 0.6) is 11.5 Å². The highest BCUT2D eigenvalue weighted by Gasteiger charge is 2.06. The summed E-state index contributed by atoms with van der Waals surface area (Å²) in [4.78, 5) is 4.43. The van der Waals surface area contributed by atoms with E-state index in [-0.39, 0.29) is 6.04 Å². The Labute approximate surface area is 124 Å². The van der Waals surface area contributed by atoms with Gasteiger partial charge >= 0.3 is 0 Å². The van der Waals surface area contributed by atoms with E-state index in [4.69, 9.17) is 16.3 Å². The summed E-state index contributed by atoms with van der Waals surface area (Å²) in [7, 11) is 0. The number of halogens is 1. The minimum absolute atomic E-state index is 0.246. The lowest BCUT2D eigenvalue weighted by molar-refractivity contribution is 0.478. The standard InChI is InChI=1S/C16H19ClN2O/c1-3-9-18-12(2)16-8-7-15(11-19-16)20-14-6-4-5-13(17)10-14/h4-8,10-12,18H,3,9H2,1-2H3. The van der Waals surface area contributed by atoms with Crippen molar-refractivity contribution in [3.63, 3.8) is 0 Å². The predicted molar refractivity (Wildman–Crippen MR) is 82.5 cm³/mol. The Hall–Kier alpha value is -1.58. The van der Waals surface area contributed by atoms with Gasteiger partial charge in [-0.3, -0.25) is 4.98 Å². The first-order valence-corrected chi connectivity index (χ1v) is 7.19. The fourth-order valence-electron chi connectivity index (χ4n) is 1.84. The number of ether oxygens (including phenoxy) is 1. The van der Waals surface area contributed by atoms with E-state index < -0.39 is 0 Å². The molecule has 1 N–H and O–H groups in total. The second-order valence-electron chi connectivity index (χ2n) is 4.65. The summed E-state index contributed by atoms with van der Waals surface area (Å²) in [5.41, 5.74) is 1.01. The number of hydrogen-bond acceptors (Lipinski definition) is 3. The summed E-state index contributed by atoms with van der Waals surface area (Å²) in [5, 5.41) is 4.06. The minimum Gasteiger partial charge on any atom is -0.456 e. The molecule has 0 aliphatic rings. The lowest BCUT2D eigenvalue weighted by atomic mass is 10.2. The van der Waals surface area contributed by atoms with Crippen molar-refractivity contribution in [2.24, 2.45) is 0 Å². The molecule has 1 atom stereocenters. The molecule has 0 amide bonds. The largest absolute Gasteiger partial charge is 0.456 e. The molecule has 0 spiro atoms. The van der Waals surface area contributed by atoms with Crippen LogP contribution in [0.1, 0.15) is 32.0 Å². The van der Waals surface area contributed by atoms with Crippen molar-refractivity contribution in [3.8, 4) is 11.5 Å². The second kappa shape index (κ2) is 7.27. The third kappa shape index (κ3) is 4.22. The van der Waals surface area contributed by atoms with Crippen molar-refractivity contribution < 1.29 is 4.74 Å². The van der Waals surface area contributed by atoms with Crippen LogP contribution in [0.2, 0.25) is 5.02 Å². The summed E-state index contributed by atoms with van der Waals surface area (Å²) < 4.78 is 5.71. The number of nitrogens with one attached hydrogen (secondary N) is 1. The predicted octanol–water partition coefficient (Wildman–Crippen LogP) is 4.59. The molecule has 106 valence electrons. The average molecular weight is 291 g/mol. The first-order valence-electron chi connectivity index (χ1n) is 6.82. The van der Waals surface area contributed by atoms with Crippen molar-refractivity contribution in [1.29, 1.82) is 0 Å². The number of aromatic nitrogens is 1. The molecule has 0 fully saturated rings. The Morgan fingerprint density at radius 3 is 2.75 bits per heavy atom. The molecule has 1 aromatic heterocycles.